The van der Waals surface area contributed by atoms with E-state index in [0.717, 1.165) is 16.9 Å². The zero-order chi connectivity index (χ0) is 13.0. The van der Waals surface area contributed by atoms with Gasteiger partial charge in [0.2, 0.25) is 0 Å². The molecular formula is C12H20N4O. The van der Waals surface area contributed by atoms with Gasteiger partial charge in [-0.25, -0.2) is 11.0 Å². The summed E-state index contributed by atoms with van der Waals surface area (Å²) >= 11 is 0. The number of rotatable bonds is 4. The van der Waals surface area contributed by atoms with Crippen LogP contribution in [0.1, 0.15) is 30.9 Å². The van der Waals surface area contributed by atoms with Gasteiger partial charge in [-0.05, 0) is 17.5 Å². The van der Waals surface area contributed by atoms with Crippen LogP contribution in [0.2, 0.25) is 0 Å². The summed E-state index contributed by atoms with van der Waals surface area (Å²) in [6.07, 6.45) is 0. The van der Waals surface area contributed by atoms with Crippen molar-refractivity contribution >= 4 is 5.84 Å². The maximum atomic E-state index is 5.89. The number of hydrazine groups is 1. The molecule has 0 radical (unpaired) electrons. The second-order valence-electron chi connectivity index (χ2n) is 4.14. The summed E-state index contributed by atoms with van der Waals surface area (Å²) in [5, 5.41) is 5.16. The van der Waals surface area contributed by atoms with Crippen molar-refractivity contribution in [2.75, 3.05) is 14.2 Å². The van der Waals surface area contributed by atoms with Crippen LogP contribution in [0.15, 0.2) is 23.3 Å². The third kappa shape index (κ3) is 3.10. The highest BCUT2D eigenvalue weighted by Gasteiger charge is 2.14. The van der Waals surface area contributed by atoms with E-state index >= 15 is 0 Å². The Morgan fingerprint density at radius 2 is 2.06 bits per heavy atom. The van der Waals surface area contributed by atoms with Crippen LogP contribution in [0.25, 0.3) is 0 Å². The predicted molar refractivity (Wildman–Crippen MR) is 69.8 cm³/mol. The van der Waals surface area contributed by atoms with Crippen molar-refractivity contribution in [3.63, 3.8) is 0 Å². The minimum absolute atomic E-state index is 0.342. The molecule has 17 heavy (non-hydrogen) atoms. The topological polar surface area (TPSA) is 76.9 Å². The molecule has 1 aromatic carbocycles. The Bertz CT molecular complexity index is 413. The van der Waals surface area contributed by atoms with E-state index in [4.69, 9.17) is 16.3 Å². The molecule has 0 spiro atoms. The molecule has 0 amide bonds. The first-order valence-corrected chi connectivity index (χ1v) is 5.47. The van der Waals surface area contributed by atoms with Crippen molar-refractivity contribution in [2.24, 2.45) is 16.7 Å². The van der Waals surface area contributed by atoms with Crippen LogP contribution < -0.4 is 16.3 Å². The smallest absolute Gasteiger partial charge is 0.156 e. The van der Waals surface area contributed by atoms with Crippen molar-refractivity contribution in [1.82, 2.24) is 5.12 Å². The fourth-order valence-electron chi connectivity index (χ4n) is 1.66. The van der Waals surface area contributed by atoms with E-state index in [1.165, 1.54) is 5.12 Å². The standard InChI is InChI=1S/C12H20N4O/c1-8(2)9-6-5-7-10(11(9)17-4)12(13)15-16(3)14/h5-8H,14H2,1-4H3,(H2,13,15). The Hall–Kier alpha value is -1.75. The van der Waals surface area contributed by atoms with Gasteiger partial charge in [0.05, 0.1) is 12.7 Å². The molecule has 1 aromatic rings. The Morgan fingerprint density at radius 1 is 1.41 bits per heavy atom. The van der Waals surface area contributed by atoms with E-state index in [2.05, 4.69) is 18.9 Å². The number of amidine groups is 1. The van der Waals surface area contributed by atoms with Gasteiger partial charge in [-0.1, -0.05) is 26.0 Å². The number of nitrogens with zero attached hydrogens (tertiary/aromatic N) is 2. The molecular weight excluding hydrogens is 216 g/mol. The number of methoxy groups -OCH3 is 1. The number of hydrogen-bond acceptors (Lipinski definition) is 4. The lowest BCUT2D eigenvalue weighted by Gasteiger charge is -2.16. The molecule has 0 unspecified atom stereocenters. The molecule has 0 aliphatic rings. The van der Waals surface area contributed by atoms with Gasteiger partial charge in [0, 0.05) is 7.05 Å². The summed E-state index contributed by atoms with van der Waals surface area (Å²) in [5.41, 5.74) is 7.75. The van der Waals surface area contributed by atoms with Crippen molar-refractivity contribution < 1.29 is 4.74 Å². The minimum Gasteiger partial charge on any atom is -0.496 e. The molecule has 0 heterocycles. The zero-order valence-corrected chi connectivity index (χ0v) is 10.8. The van der Waals surface area contributed by atoms with Crippen LogP contribution in [-0.2, 0) is 0 Å². The molecule has 0 aliphatic heterocycles. The Labute approximate surface area is 102 Å². The predicted octanol–water partition coefficient (Wildman–Crippen LogP) is 1.24. The highest BCUT2D eigenvalue weighted by Crippen LogP contribution is 2.29. The van der Waals surface area contributed by atoms with E-state index < -0.39 is 0 Å². The minimum atomic E-state index is 0.342. The molecule has 0 saturated carbocycles. The first-order valence-electron chi connectivity index (χ1n) is 5.47. The third-order valence-electron chi connectivity index (χ3n) is 2.41. The zero-order valence-electron chi connectivity index (χ0n) is 10.8. The Morgan fingerprint density at radius 3 is 2.53 bits per heavy atom. The summed E-state index contributed by atoms with van der Waals surface area (Å²) in [6, 6.07) is 5.82. The number of ether oxygens (including phenoxy) is 1. The lowest BCUT2D eigenvalue weighted by Crippen LogP contribution is -2.26. The molecule has 5 heteroatoms. The quantitative estimate of drug-likeness (QED) is 0.357. The molecule has 4 N–H and O–H groups in total. The van der Waals surface area contributed by atoms with E-state index in [-0.39, 0.29) is 0 Å². The average Bonchev–Trinajstić information content (AvgIpc) is 2.26. The molecule has 0 aliphatic carbocycles. The van der Waals surface area contributed by atoms with E-state index in [1.807, 2.05) is 18.2 Å². The number of hydrazone groups is 1. The summed E-state index contributed by atoms with van der Waals surface area (Å²) in [5.74, 6) is 6.90. The van der Waals surface area contributed by atoms with Crippen LogP contribution in [0.5, 0.6) is 5.75 Å². The molecule has 94 valence electrons. The lowest BCUT2D eigenvalue weighted by molar-refractivity contribution is 0.370. The number of benzene rings is 1. The summed E-state index contributed by atoms with van der Waals surface area (Å²) in [6.45, 7) is 4.20. The monoisotopic (exact) mass is 236 g/mol. The second-order valence-corrected chi connectivity index (χ2v) is 4.14. The molecule has 1 rings (SSSR count). The van der Waals surface area contributed by atoms with Gasteiger partial charge in [-0.3, -0.25) is 0 Å². The van der Waals surface area contributed by atoms with Crippen LogP contribution in [0, 0.1) is 0 Å². The molecule has 0 aromatic heterocycles. The van der Waals surface area contributed by atoms with Gasteiger partial charge in [0.1, 0.15) is 5.75 Å². The maximum absolute atomic E-state index is 5.89. The van der Waals surface area contributed by atoms with Crippen molar-refractivity contribution in [3.05, 3.63) is 29.3 Å². The first kappa shape index (κ1) is 13.3. The number of hydrogen-bond donors (Lipinski definition) is 2. The van der Waals surface area contributed by atoms with E-state index in [0.29, 0.717) is 11.8 Å². The van der Waals surface area contributed by atoms with Crippen LogP contribution >= 0.6 is 0 Å². The van der Waals surface area contributed by atoms with Crippen LogP contribution in [-0.4, -0.2) is 25.1 Å². The molecule has 0 atom stereocenters. The fraction of sp³-hybridized carbons (Fsp3) is 0.417. The largest absolute Gasteiger partial charge is 0.496 e. The first-order chi connectivity index (χ1) is 7.97. The summed E-state index contributed by atoms with van der Waals surface area (Å²) in [4.78, 5) is 0. The molecule has 0 bridgehead atoms. The van der Waals surface area contributed by atoms with Gasteiger partial charge in [0.15, 0.2) is 5.84 Å². The second kappa shape index (κ2) is 5.54. The van der Waals surface area contributed by atoms with E-state index in [9.17, 15) is 0 Å². The third-order valence-corrected chi connectivity index (χ3v) is 2.41. The molecule has 5 nitrogen and oxygen atoms in total. The van der Waals surface area contributed by atoms with Crippen molar-refractivity contribution in [1.29, 1.82) is 0 Å². The maximum Gasteiger partial charge on any atom is 0.156 e. The number of nitrogens with two attached hydrogens (primary N) is 2. The lowest BCUT2D eigenvalue weighted by atomic mass is 9.98. The Balaban J connectivity index is 3.29. The molecule has 0 saturated heterocycles. The van der Waals surface area contributed by atoms with Crippen LogP contribution in [0.3, 0.4) is 0 Å². The molecule has 0 fully saturated rings. The normalized spacial score (nSPS) is 11.8. The van der Waals surface area contributed by atoms with Crippen molar-refractivity contribution in [3.8, 4) is 5.75 Å². The van der Waals surface area contributed by atoms with Crippen molar-refractivity contribution in [2.45, 2.75) is 19.8 Å². The van der Waals surface area contributed by atoms with Gasteiger partial charge >= 0.3 is 0 Å². The van der Waals surface area contributed by atoms with Gasteiger partial charge in [0.25, 0.3) is 0 Å². The average molecular weight is 236 g/mol. The SMILES string of the molecule is COc1c(/C(N)=N/N(C)N)cccc1C(C)C. The van der Waals surface area contributed by atoms with Crippen LogP contribution in [0.4, 0.5) is 0 Å². The van der Waals surface area contributed by atoms with Gasteiger partial charge < -0.3 is 10.5 Å². The van der Waals surface area contributed by atoms with Gasteiger partial charge in [-0.15, -0.1) is 5.10 Å². The number of para-hydroxylation sites is 1. The summed E-state index contributed by atoms with van der Waals surface area (Å²) < 4.78 is 5.42. The van der Waals surface area contributed by atoms with Gasteiger partial charge in [-0.2, -0.15) is 0 Å². The Kier molecular flexibility index (Phi) is 4.34. The summed E-state index contributed by atoms with van der Waals surface area (Å²) in [7, 11) is 3.25. The fourth-order valence-corrected chi connectivity index (χ4v) is 1.66. The van der Waals surface area contributed by atoms with E-state index in [1.54, 1.807) is 14.2 Å². The highest BCUT2D eigenvalue weighted by molar-refractivity contribution is 6.00. The highest BCUT2D eigenvalue weighted by atomic mass is 16.5.